The molecule has 2 aromatic rings. The van der Waals surface area contributed by atoms with Crippen LogP contribution in [0.2, 0.25) is 0 Å². The number of aromatic carboxylic acids is 1. The Morgan fingerprint density at radius 3 is 2.64 bits per heavy atom. The van der Waals surface area contributed by atoms with Gasteiger partial charge in [0.15, 0.2) is 5.82 Å². The van der Waals surface area contributed by atoms with Crippen LogP contribution < -0.4 is 10.4 Å². The molecule has 2 heterocycles. The van der Waals surface area contributed by atoms with Crippen molar-refractivity contribution in [3.8, 4) is 0 Å². The lowest BCUT2D eigenvalue weighted by Crippen LogP contribution is -2.20. The zero-order valence-electron chi connectivity index (χ0n) is 13.0. The van der Waals surface area contributed by atoms with Crippen molar-refractivity contribution in [1.82, 2.24) is 9.55 Å². The van der Waals surface area contributed by atoms with Gasteiger partial charge in [0.05, 0.1) is 5.39 Å². The number of aryl methyl sites for hydroxylation is 1. The fourth-order valence-electron chi connectivity index (χ4n) is 2.18. The van der Waals surface area contributed by atoms with Crippen LogP contribution in [0.4, 0.5) is 5.82 Å². The summed E-state index contributed by atoms with van der Waals surface area (Å²) in [4.78, 5) is 27.8. The van der Waals surface area contributed by atoms with Gasteiger partial charge in [-0.2, -0.15) is 5.10 Å². The van der Waals surface area contributed by atoms with Crippen LogP contribution in [0.1, 0.15) is 31.1 Å². The minimum absolute atomic E-state index is 0.250. The average molecular weight is 302 g/mol. The highest BCUT2D eigenvalue weighted by Crippen LogP contribution is 2.16. The largest absolute Gasteiger partial charge is 0.477 e. The van der Waals surface area contributed by atoms with E-state index < -0.39 is 11.4 Å². The Morgan fingerprint density at radius 2 is 2.09 bits per heavy atom. The van der Waals surface area contributed by atoms with Crippen LogP contribution >= 0.6 is 0 Å². The predicted molar refractivity (Wildman–Crippen MR) is 85.8 cm³/mol. The number of hydrogen-bond acceptors (Lipinski definition) is 5. The van der Waals surface area contributed by atoms with Gasteiger partial charge in [-0.25, -0.2) is 9.78 Å². The summed E-state index contributed by atoms with van der Waals surface area (Å²) < 4.78 is 1.65. The first-order valence-electron chi connectivity index (χ1n) is 6.88. The van der Waals surface area contributed by atoms with Crippen molar-refractivity contribution < 1.29 is 9.90 Å². The molecule has 0 bridgehead atoms. The highest BCUT2D eigenvalue weighted by molar-refractivity contribution is 5.92. The van der Waals surface area contributed by atoms with E-state index in [0.29, 0.717) is 18.0 Å². The second-order valence-corrected chi connectivity index (χ2v) is 5.07. The van der Waals surface area contributed by atoms with Crippen molar-refractivity contribution in [3.05, 3.63) is 34.1 Å². The number of carbonyl (C=O) groups is 1. The van der Waals surface area contributed by atoms with Crippen LogP contribution in [-0.4, -0.2) is 33.4 Å². The van der Waals surface area contributed by atoms with Gasteiger partial charge in [0.1, 0.15) is 11.2 Å². The van der Waals surface area contributed by atoms with Crippen molar-refractivity contribution >= 4 is 28.5 Å². The molecule has 0 saturated heterocycles. The van der Waals surface area contributed by atoms with Crippen molar-refractivity contribution in [2.75, 3.05) is 12.1 Å². The molecule has 0 atom stereocenters. The maximum atomic E-state index is 12.2. The van der Waals surface area contributed by atoms with E-state index in [-0.39, 0.29) is 10.9 Å². The van der Waals surface area contributed by atoms with Gasteiger partial charge in [0.25, 0.3) is 0 Å². The minimum Gasteiger partial charge on any atom is -0.477 e. The number of rotatable bonds is 4. The Labute approximate surface area is 127 Å². The molecule has 0 aromatic carbocycles. The molecular weight excluding hydrogens is 284 g/mol. The Bertz CT molecular complexity index is 819. The summed E-state index contributed by atoms with van der Waals surface area (Å²) in [5.41, 5.74) is 0.549. The molecule has 22 heavy (non-hydrogen) atoms. The molecule has 0 spiro atoms. The number of pyridine rings is 2. The predicted octanol–water partition coefficient (Wildman–Crippen LogP) is 1.95. The van der Waals surface area contributed by atoms with Gasteiger partial charge in [-0.05, 0) is 32.9 Å². The molecule has 7 heteroatoms. The Balaban J connectivity index is 2.72. The molecule has 0 aliphatic heterocycles. The first-order chi connectivity index (χ1) is 10.3. The first kappa shape index (κ1) is 15.7. The van der Waals surface area contributed by atoms with Gasteiger partial charge in [-0.3, -0.25) is 9.80 Å². The number of hydrogen-bond donors (Lipinski definition) is 1. The van der Waals surface area contributed by atoms with Crippen LogP contribution in [0.3, 0.4) is 0 Å². The number of fused-ring (bicyclic) bond motifs is 1. The molecule has 2 aromatic heterocycles. The third-order valence-electron chi connectivity index (χ3n) is 3.16. The Hall–Kier alpha value is -2.70. The molecule has 0 amide bonds. The standard InChI is InChI=1S/C15H18N4O3/c1-5-19-8-11(15(21)22)13(20)10-6-7-12(16-14(10)19)18(4)17-9(2)3/h6-8H,5H2,1-4H3,(H,21,22). The average Bonchev–Trinajstić information content (AvgIpc) is 2.46. The zero-order valence-corrected chi connectivity index (χ0v) is 13.0. The highest BCUT2D eigenvalue weighted by atomic mass is 16.4. The summed E-state index contributed by atoms with van der Waals surface area (Å²) >= 11 is 0. The summed E-state index contributed by atoms with van der Waals surface area (Å²) in [6.45, 7) is 6.12. The summed E-state index contributed by atoms with van der Waals surface area (Å²) in [5, 5.41) is 15.3. The molecule has 0 aliphatic rings. The van der Waals surface area contributed by atoms with E-state index in [0.717, 1.165) is 5.71 Å². The molecule has 0 unspecified atom stereocenters. The summed E-state index contributed by atoms with van der Waals surface area (Å²) in [6.07, 6.45) is 1.33. The SMILES string of the molecule is CCn1cc(C(=O)O)c(=O)c2ccc(N(C)N=C(C)C)nc21. The minimum atomic E-state index is -1.23. The van der Waals surface area contributed by atoms with Gasteiger partial charge >= 0.3 is 5.97 Å². The molecule has 0 aliphatic carbocycles. The highest BCUT2D eigenvalue weighted by Gasteiger charge is 2.15. The number of nitrogens with zero attached hydrogens (tertiary/aromatic N) is 4. The molecular formula is C15H18N4O3. The van der Waals surface area contributed by atoms with E-state index in [1.807, 2.05) is 20.8 Å². The van der Waals surface area contributed by atoms with E-state index in [9.17, 15) is 9.59 Å². The van der Waals surface area contributed by atoms with Gasteiger partial charge in [0.2, 0.25) is 5.43 Å². The normalized spacial score (nSPS) is 10.5. The van der Waals surface area contributed by atoms with Gasteiger partial charge < -0.3 is 9.67 Å². The van der Waals surface area contributed by atoms with Crippen LogP contribution in [0, 0.1) is 0 Å². The third kappa shape index (κ3) is 2.83. The molecule has 0 fully saturated rings. The number of aromatic nitrogens is 2. The first-order valence-corrected chi connectivity index (χ1v) is 6.88. The van der Waals surface area contributed by atoms with Crippen molar-refractivity contribution in [2.45, 2.75) is 27.3 Å². The third-order valence-corrected chi connectivity index (χ3v) is 3.16. The van der Waals surface area contributed by atoms with Crippen molar-refractivity contribution in [2.24, 2.45) is 5.10 Å². The second-order valence-electron chi connectivity index (χ2n) is 5.07. The van der Waals surface area contributed by atoms with Crippen LogP contribution in [0.25, 0.3) is 11.0 Å². The monoisotopic (exact) mass is 302 g/mol. The molecule has 2 rings (SSSR count). The fourth-order valence-corrected chi connectivity index (χ4v) is 2.18. The van der Waals surface area contributed by atoms with E-state index >= 15 is 0 Å². The van der Waals surface area contributed by atoms with E-state index in [2.05, 4.69) is 10.1 Å². The topological polar surface area (TPSA) is 87.8 Å². The molecule has 7 nitrogen and oxygen atoms in total. The number of carboxylic acids is 1. The molecule has 116 valence electrons. The van der Waals surface area contributed by atoms with Crippen molar-refractivity contribution in [1.29, 1.82) is 0 Å². The van der Waals surface area contributed by atoms with E-state index in [1.165, 1.54) is 6.20 Å². The quantitative estimate of drug-likeness (QED) is 0.689. The van der Waals surface area contributed by atoms with Gasteiger partial charge in [0, 0.05) is 25.5 Å². The lowest BCUT2D eigenvalue weighted by atomic mass is 10.2. The smallest absolute Gasteiger partial charge is 0.341 e. The Morgan fingerprint density at radius 1 is 1.41 bits per heavy atom. The van der Waals surface area contributed by atoms with Crippen LogP contribution in [0.5, 0.6) is 0 Å². The summed E-state index contributed by atoms with van der Waals surface area (Å²) in [6, 6.07) is 3.25. The van der Waals surface area contributed by atoms with Gasteiger partial charge in [-0.15, -0.1) is 0 Å². The zero-order chi connectivity index (χ0) is 16.4. The fraction of sp³-hybridized carbons (Fsp3) is 0.333. The lowest BCUT2D eigenvalue weighted by Gasteiger charge is -2.15. The Kier molecular flexibility index (Phi) is 4.25. The number of hydrazone groups is 1. The number of anilines is 1. The molecule has 1 N–H and O–H groups in total. The van der Waals surface area contributed by atoms with E-state index in [1.54, 1.807) is 28.8 Å². The maximum Gasteiger partial charge on any atom is 0.341 e. The summed E-state index contributed by atoms with van der Waals surface area (Å²) in [5.74, 6) is -0.653. The maximum absolute atomic E-state index is 12.2. The van der Waals surface area contributed by atoms with Crippen molar-refractivity contribution in [3.63, 3.8) is 0 Å². The second kappa shape index (κ2) is 5.97. The molecule has 0 saturated carbocycles. The van der Waals surface area contributed by atoms with E-state index in [4.69, 9.17) is 5.11 Å². The lowest BCUT2D eigenvalue weighted by molar-refractivity contribution is 0.0695. The van der Waals surface area contributed by atoms with Gasteiger partial charge in [-0.1, -0.05) is 0 Å². The summed E-state index contributed by atoms with van der Waals surface area (Å²) in [7, 11) is 1.77. The number of carboxylic acid groups (broad SMARTS) is 1. The molecule has 0 radical (unpaired) electrons. The van der Waals surface area contributed by atoms with Crippen LogP contribution in [0.15, 0.2) is 28.2 Å². The van der Waals surface area contributed by atoms with Crippen LogP contribution in [-0.2, 0) is 6.54 Å².